The first kappa shape index (κ1) is 20.9. The minimum absolute atomic E-state index is 0.0636. The summed E-state index contributed by atoms with van der Waals surface area (Å²) in [5, 5.41) is 0. The zero-order chi connectivity index (χ0) is 18.2. The Morgan fingerprint density at radius 3 is 2.08 bits per heavy atom. The summed E-state index contributed by atoms with van der Waals surface area (Å²) in [4.78, 5) is 25.8. The lowest BCUT2D eigenvalue weighted by molar-refractivity contribution is -0.149. The molecular weight excluding hydrogens is 337 g/mol. The van der Waals surface area contributed by atoms with E-state index in [2.05, 4.69) is 0 Å². The number of hydrogen-bond acceptors (Lipinski definition) is 7. The number of nitrogens with zero attached hydrogens (tertiary/aromatic N) is 1. The standard InChI is InChI=1S/C15H28NO7P/c1-5-20-14(17)13-12(9-10-16(13)15(18)21-6-2)11-24(19,22-7-3)23-8-4/h12-13H,5-11H2,1-4H3/t12-,13+/m0/s1. The van der Waals surface area contributed by atoms with Crippen LogP contribution in [0.25, 0.3) is 0 Å². The van der Waals surface area contributed by atoms with Gasteiger partial charge in [0.2, 0.25) is 0 Å². The van der Waals surface area contributed by atoms with E-state index >= 15 is 0 Å². The van der Waals surface area contributed by atoms with Gasteiger partial charge in [-0.15, -0.1) is 0 Å². The van der Waals surface area contributed by atoms with Gasteiger partial charge in [0.1, 0.15) is 6.04 Å². The summed E-state index contributed by atoms with van der Waals surface area (Å²) in [5.41, 5.74) is 0. The van der Waals surface area contributed by atoms with Crippen LogP contribution in [0.2, 0.25) is 0 Å². The van der Waals surface area contributed by atoms with Gasteiger partial charge < -0.3 is 18.5 Å². The fourth-order valence-corrected chi connectivity index (χ4v) is 4.86. The summed E-state index contributed by atoms with van der Waals surface area (Å²) in [6, 6.07) is -0.835. The van der Waals surface area contributed by atoms with Crippen LogP contribution in [0.5, 0.6) is 0 Å². The van der Waals surface area contributed by atoms with E-state index in [-0.39, 0.29) is 38.5 Å². The van der Waals surface area contributed by atoms with Gasteiger partial charge in [0.15, 0.2) is 0 Å². The molecule has 0 unspecified atom stereocenters. The molecule has 2 atom stereocenters. The molecule has 0 aromatic heterocycles. The third-order valence-electron chi connectivity index (χ3n) is 3.66. The maximum atomic E-state index is 12.8. The van der Waals surface area contributed by atoms with Crippen LogP contribution in [0.4, 0.5) is 4.79 Å². The minimum Gasteiger partial charge on any atom is -0.464 e. The van der Waals surface area contributed by atoms with Crippen molar-refractivity contribution in [2.75, 3.05) is 39.1 Å². The van der Waals surface area contributed by atoms with E-state index < -0.39 is 25.7 Å². The first-order valence-electron chi connectivity index (χ1n) is 8.40. The Bertz CT molecular complexity index is 461. The number of carbonyl (C=O) groups excluding carboxylic acids is 2. The fourth-order valence-electron chi connectivity index (χ4n) is 2.83. The highest BCUT2D eigenvalue weighted by atomic mass is 31.2. The van der Waals surface area contributed by atoms with Crippen LogP contribution < -0.4 is 0 Å². The summed E-state index contributed by atoms with van der Waals surface area (Å²) >= 11 is 0. The number of likely N-dealkylation sites (tertiary alicyclic amines) is 1. The van der Waals surface area contributed by atoms with Crippen LogP contribution in [-0.2, 0) is 27.9 Å². The second kappa shape index (κ2) is 10.0. The smallest absolute Gasteiger partial charge is 0.410 e. The number of carbonyl (C=O) groups is 2. The first-order chi connectivity index (χ1) is 11.4. The maximum absolute atomic E-state index is 12.8. The third kappa shape index (κ3) is 5.46. The molecule has 0 bridgehead atoms. The van der Waals surface area contributed by atoms with Gasteiger partial charge in [0.25, 0.3) is 0 Å². The molecule has 0 spiro atoms. The van der Waals surface area contributed by atoms with Crippen LogP contribution in [0.1, 0.15) is 34.1 Å². The highest BCUT2D eigenvalue weighted by Crippen LogP contribution is 2.51. The lowest BCUT2D eigenvalue weighted by atomic mass is 10.0. The number of rotatable bonds is 9. The van der Waals surface area contributed by atoms with Gasteiger partial charge in [-0.05, 0) is 34.1 Å². The van der Waals surface area contributed by atoms with E-state index in [1.165, 1.54) is 4.90 Å². The molecule has 0 N–H and O–H groups in total. The molecule has 0 aromatic rings. The Morgan fingerprint density at radius 1 is 1.00 bits per heavy atom. The largest absolute Gasteiger partial charge is 0.464 e. The van der Waals surface area contributed by atoms with E-state index in [0.717, 1.165) is 0 Å². The molecule has 1 rings (SSSR count). The lowest BCUT2D eigenvalue weighted by Crippen LogP contribution is -2.45. The van der Waals surface area contributed by atoms with Gasteiger partial charge in [-0.2, -0.15) is 0 Å². The van der Waals surface area contributed by atoms with Gasteiger partial charge in [0.05, 0.1) is 32.6 Å². The lowest BCUT2D eigenvalue weighted by Gasteiger charge is -2.27. The van der Waals surface area contributed by atoms with E-state index in [1.54, 1.807) is 27.7 Å². The van der Waals surface area contributed by atoms with Gasteiger partial charge in [-0.1, -0.05) is 0 Å². The Hall–Kier alpha value is -1.11. The summed E-state index contributed by atoms with van der Waals surface area (Å²) in [6.45, 7) is 8.10. The Morgan fingerprint density at radius 2 is 1.58 bits per heavy atom. The highest BCUT2D eigenvalue weighted by molar-refractivity contribution is 7.53. The molecule has 0 aromatic carbocycles. The number of hydrogen-bond donors (Lipinski definition) is 0. The number of amides is 1. The number of esters is 1. The van der Waals surface area contributed by atoms with Gasteiger partial charge in [-0.3, -0.25) is 9.46 Å². The topological polar surface area (TPSA) is 91.4 Å². The number of ether oxygens (including phenoxy) is 2. The van der Waals surface area contributed by atoms with Crippen LogP contribution in [0.3, 0.4) is 0 Å². The average molecular weight is 365 g/mol. The summed E-state index contributed by atoms with van der Waals surface area (Å²) in [7, 11) is -3.32. The van der Waals surface area contributed by atoms with Gasteiger partial charge in [-0.25, -0.2) is 9.59 Å². The summed E-state index contributed by atoms with van der Waals surface area (Å²) in [5.74, 6) is -0.884. The van der Waals surface area contributed by atoms with Crippen molar-refractivity contribution in [2.24, 2.45) is 5.92 Å². The Kier molecular flexibility index (Phi) is 8.73. The minimum atomic E-state index is -3.32. The second-order valence-electron chi connectivity index (χ2n) is 5.27. The molecule has 1 amide bonds. The molecule has 0 saturated carbocycles. The second-order valence-corrected chi connectivity index (χ2v) is 7.37. The molecule has 1 saturated heterocycles. The maximum Gasteiger partial charge on any atom is 0.410 e. The average Bonchev–Trinajstić information content (AvgIpc) is 2.91. The first-order valence-corrected chi connectivity index (χ1v) is 10.1. The van der Waals surface area contributed by atoms with E-state index in [4.69, 9.17) is 18.5 Å². The fraction of sp³-hybridized carbons (Fsp3) is 0.867. The van der Waals surface area contributed by atoms with Crippen LogP contribution in [0, 0.1) is 5.92 Å². The summed E-state index contributed by atoms with van der Waals surface area (Å²) < 4.78 is 33.5. The van der Waals surface area contributed by atoms with Crippen molar-refractivity contribution in [3.63, 3.8) is 0 Å². The zero-order valence-electron chi connectivity index (χ0n) is 14.9. The van der Waals surface area contributed by atoms with Crippen molar-refractivity contribution in [1.82, 2.24) is 4.90 Å². The molecule has 0 aliphatic carbocycles. The predicted molar refractivity (Wildman–Crippen MR) is 88.0 cm³/mol. The molecule has 140 valence electrons. The van der Waals surface area contributed by atoms with Gasteiger partial charge in [0, 0.05) is 12.5 Å². The molecule has 1 fully saturated rings. The molecule has 1 aliphatic heterocycles. The third-order valence-corrected chi connectivity index (χ3v) is 5.88. The quantitative estimate of drug-likeness (QED) is 0.458. The zero-order valence-corrected chi connectivity index (χ0v) is 15.8. The Balaban J connectivity index is 2.96. The molecule has 1 heterocycles. The molecule has 8 nitrogen and oxygen atoms in total. The molecule has 1 aliphatic rings. The molecule has 24 heavy (non-hydrogen) atoms. The van der Waals surface area contributed by atoms with Crippen LogP contribution >= 0.6 is 7.60 Å². The molecule has 9 heteroatoms. The Labute approximate surface area is 143 Å². The van der Waals surface area contributed by atoms with E-state index in [9.17, 15) is 14.2 Å². The van der Waals surface area contributed by atoms with Crippen molar-refractivity contribution < 1.29 is 32.7 Å². The van der Waals surface area contributed by atoms with Crippen LogP contribution in [0.15, 0.2) is 0 Å². The van der Waals surface area contributed by atoms with Crippen molar-refractivity contribution in [2.45, 2.75) is 40.2 Å². The van der Waals surface area contributed by atoms with Crippen molar-refractivity contribution >= 4 is 19.7 Å². The highest BCUT2D eigenvalue weighted by Gasteiger charge is 2.46. The normalized spacial score (nSPS) is 20.9. The SMILES string of the molecule is CCOC(=O)[C@H]1[C@H](CP(=O)(OCC)OCC)CCN1C(=O)OCC. The van der Waals surface area contributed by atoms with Gasteiger partial charge >= 0.3 is 19.7 Å². The van der Waals surface area contributed by atoms with E-state index in [1.807, 2.05) is 0 Å². The van der Waals surface area contributed by atoms with E-state index in [0.29, 0.717) is 13.0 Å². The predicted octanol–water partition coefficient (Wildman–Crippen LogP) is 2.66. The van der Waals surface area contributed by atoms with Crippen molar-refractivity contribution in [3.8, 4) is 0 Å². The monoisotopic (exact) mass is 365 g/mol. The van der Waals surface area contributed by atoms with Crippen LogP contribution in [-0.4, -0.2) is 62.1 Å². The summed E-state index contributed by atoms with van der Waals surface area (Å²) in [6.07, 6.45) is 0.00115. The van der Waals surface area contributed by atoms with Crippen molar-refractivity contribution in [1.29, 1.82) is 0 Å². The molecule has 0 radical (unpaired) electrons. The van der Waals surface area contributed by atoms with Crippen molar-refractivity contribution in [3.05, 3.63) is 0 Å². The molecular formula is C15H28NO7P.